The van der Waals surface area contributed by atoms with E-state index < -0.39 is 5.60 Å². The summed E-state index contributed by atoms with van der Waals surface area (Å²) in [6, 6.07) is 17.6. The molecule has 8 heterocycles. The number of carbonyl (C=O) groups is 2. The zero-order valence-electron chi connectivity index (χ0n) is 25.7. The Kier molecular flexibility index (Phi) is 9.55. The van der Waals surface area contributed by atoms with Crippen molar-refractivity contribution in [2.24, 2.45) is 0 Å². The fourth-order valence-electron chi connectivity index (χ4n) is 5.52. The average molecular weight is 645 g/mol. The number of rotatable bonds is 4. The highest BCUT2D eigenvalue weighted by atomic mass is 32.1. The van der Waals surface area contributed by atoms with Crippen molar-refractivity contribution in [3.05, 3.63) is 88.4 Å². The summed E-state index contributed by atoms with van der Waals surface area (Å²) in [6.07, 6.45) is 1.02. The summed E-state index contributed by atoms with van der Waals surface area (Å²) in [5, 5.41) is 8.03. The van der Waals surface area contributed by atoms with Crippen LogP contribution in [0.3, 0.4) is 0 Å². The molecule has 1 fully saturated rings. The molecule has 0 aliphatic carbocycles. The van der Waals surface area contributed by atoms with Gasteiger partial charge in [0.1, 0.15) is 18.1 Å². The topological polar surface area (TPSA) is 120 Å². The molecule has 3 aromatic carbocycles. The van der Waals surface area contributed by atoms with Crippen LogP contribution in [0, 0.1) is 0 Å². The molecule has 46 heavy (non-hydrogen) atoms. The smallest absolute Gasteiger partial charge is 0.264 e. The van der Waals surface area contributed by atoms with Crippen LogP contribution in [-0.2, 0) is 17.9 Å². The van der Waals surface area contributed by atoms with Gasteiger partial charge in [0.05, 0.1) is 32.0 Å². The lowest BCUT2D eigenvalue weighted by Crippen LogP contribution is -2.57. The van der Waals surface area contributed by atoms with Gasteiger partial charge in [0.2, 0.25) is 0 Å². The van der Waals surface area contributed by atoms with Crippen LogP contribution in [0.25, 0.3) is 0 Å². The van der Waals surface area contributed by atoms with Gasteiger partial charge in [-0.1, -0.05) is 6.07 Å². The van der Waals surface area contributed by atoms with Gasteiger partial charge in [-0.2, -0.15) is 0 Å². The number of nitrogens with one attached hydrogen (secondary N) is 2. The third-order valence-electron chi connectivity index (χ3n) is 8.07. The number of amides is 2. The maximum Gasteiger partial charge on any atom is 0.264 e. The first-order valence-corrected chi connectivity index (χ1v) is 16.0. The summed E-state index contributed by atoms with van der Waals surface area (Å²) >= 11 is 1.58. The molecule has 6 bridgehead atoms. The molecule has 11 rings (SSSR count). The normalized spacial score (nSPS) is 17.0. The van der Waals surface area contributed by atoms with Gasteiger partial charge >= 0.3 is 0 Å². The van der Waals surface area contributed by atoms with Crippen LogP contribution in [0.1, 0.15) is 34.5 Å². The number of thiazole rings is 1. The lowest BCUT2D eigenvalue weighted by Gasteiger charge is -2.40. The van der Waals surface area contributed by atoms with Crippen LogP contribution in [0.4, 0.5) is 0 Å². The van der Waals surface area contributed by atoms with Crippen LogP contribution >= 0.6 is 11.3 Å². The standard InChI is InChI=1S/C34H36N4O7S/c1-41-30-17-23-3-9-28(30)44-29-10-4-24(18-31(29)42-2)32(39)35-13-16-43-26-5-7-27(8-6-26)45-34(33(40)36-19-23)11-14-38(15-12-34)20-25-21-46-22-37-25/h3-10,17-18,21-22H,11-16,19-20H2,1-2H3,(H,35,39)(H,36,40). The van der Waals surface area contributed by atoms with Gasteiger partial charge in [0.15, 0.2) is 28.6 Å². The molecule has 240 valence electrons. The Morgan fingerprint density at radius 2 is 1.63 bits per heavy atom. The minimum Gasteiger partial charge on any atom is -0.493 e. The minimum atomic E-state index is -1.06. The summed E-state index contributed by atoms with van der Waals surface area (Å²) in [5.41, 5.74) is 3.05. The van der Waals surface area contributed by atoms with E-state index in [2.05, 4.69) is 20.5 Å². The Morgan fingerprint density at radius 3 is 2.35 bits per heavy atom. The highest BCUT2D eigenvalue weighted by molar-refractivity contribution is 7.07. The van der Waals surface area contributed by atoms with E-state index in [9.17, 15) is 9.59 Å². The maximum atomic E-state index is 13.9. The summed E-state index contributed by atoms with van der Waals surface area (Å²) in [4.78, 5) is 33.5. The van der Waals surface area contributed by atoms with Crippen molar-refractivity contribution in [1.82, 2.24) is 20.5 Å². The quantitative estimate of drug-likeness (QED) is 0.323. The van der Waals surface area contributed by atoms with Crippen LogP contribution < -0.4 is 34.3 Å². The van der Waals surface area contributed by atoms with Gasteiger partial charge in [-0.3, -0.25) is 14.5 Å². The molecular weight excluding hydrogens is 608 g/mol. The first-order valence-electron chi connectivity index (χ1n) is 15.1. The van der Waals surface area contributed by atoms with Gasteiger partial charge in [-0.05, 0) is 60.2 Å². The van der Waals surface area contributed by atoms with Crippen molar-refractivity contribution in [3.8, 4) is 34.5 Å². The second-order valence-electron chi connectivity index (χ2n) is 11.1. The number of carbonyl (C=O) groups excluding carboxylic acids is 2. The molecule has 12 heteroatoms. The van der Waals surface area contributed by atoms with Crippen molar-refractivity contribution in [2.45, 2.75) is 31.5 Å². The van der Waals surface area contributed by atoms with E-state index in [4.69, 9.17) is 23.7 Å². The maximum absolute atomic E-state index is 13.9. The van der Waals surface area contributed by atoms with E-state index in [1.807, 2.05) is 23.0 Å². The Hall–Kier alpha value is -4.81. The lowest BCUT2D eigenvalue weighted by atomic mass is 9.89. The zero-order chi connectivity index (χ0) is 31.9. The Balaban J connectivity index is 1.26. The summed E-state index contributed by atoms with van der Waals surface area (Å²) in [5.74, 6) is 2.50. The number of ether oxygens (including phenoxy) is 5. The van der Waals surface area contributed by atoms with Crippen LogP contribution in [0.5, 0.6) is 34.5 Å². The fraction of sp³-hybridized carbons (Fsp3) is 0.324. The molecule has 0 radical (unpaired) electrons. The van der Waals surface area contributed by atoms with Gasteiger partial charge in [-0.15, -0.1) is 11.3 Å². The second kappa shape index (κ2) is 14.1. The fourth-order valence-corrected chi connectivity index (χ4v) is 6.07. The van der Waals surface area contributed by atoms with Gasteiger partial charge in [0.25, 0.3) is 11.8 Å². The predicted octanol–water partition coefficient (Wildman–Crippen LogP) is 4.80. The molecule has 0 saturated carbocycles. The van der Waals surface area contributed by atoms with Gasteiger partial charge in [-0.25, -0.2) is 4.98 Å². The zero-order valence-corrected chi connectivity index (χ0v) is 26.6. The van der Waals surface area contributed by atoms with Crippen molar-refractivity contribution >= 4 is 23.2 Å². The predicted molar refractivity (Wildman–Crippen MR) is 172 cm³/mol. The van der Waals surface area contributed by atoms with E-state index in [-0.39, 0.29) is 25.0 Å². The number of aromatic nitrogens is 1. The first-order chi connectivity index (χ1) is 22.4. The molecule has 11 nitrogen and oxygen atoms in total. The van der Waals surface area contributed by atoms with Crippen molar-refractivity contribution in [3.63, 3.8) is 0 Å². The molecule has 1 spiro atoms. The largest absolute Gasteiger partial charge is 0.493 e. The molecule has 1 aromatic heterocycles. The van der Waals surface area contributed by atoms with Crippen molar-refractivity contribution < 1.29 is 33.3 Å². The third kappa shape index (κ3) is 7.19. The van der Waals surface area contributed by atoms with Crippen molar-refractivity contribution in [2.75, 3.05) is 40.5 Å². The molecule has 7 aliphatic heterocycles. The van der Waals surface area contributed by atoms with Crippen LogP contribution in [-0.4, -0.2) is 67.8 Å². The van der Waals surface area contributed by atoms with E-state index in [1.54, 1.807) is 67.0 Å². The Bertz CT molecular complexity index is 1650. The molecule has 0 atom stereocenters. The number of hydrogen-bond donors (Lipinski definition) is 2. The lowest BCUT2D eigenvalue weighted by molar-refractivity contribution is -0.141. The average Bonchev–Trinajstić information content (AvgIpc) is 3.60. The first kappa shape index (κ1) is 31.2. The Morgan fingerprint density at radius 1 is 0.913 bits per heavy atom. The number of hydrogen-bond acceptors (Lipinski definition) is 10. The molecular formula is C34H36N4O7S. The summed E-state index contributed by atoms with van der Waals surface area (Å²) in [7, 11) is 3.07. The minimum absolute atomic E-state index is 0.181. The van der Waals surface area contributed by atoms with E-state index in [0.717, 1.165) is 17.8 Å². The number of nitrogens with zero attached hydrogens (tertiary/aromatic N) is 2. The van der Waals surface area contributed by atoms with E-state index >= 15 is 0 Å². The second-order valence-corrected chi connectivity index (χ2v) is 11.8. The SMILES string of the molecule is COc1cc2ccc1Oc1ccc(cc1OC)C(=O)NCCOc1ccc(cc1)OC1(CCN(Cc3cscn3)CC1)C(=O)NC2. The molecule has 4 aromatic rings. The number of methoxy groups -OCH3 is 2. The van der Waals surface area contributed by atoms with Crippen molar-refractivity contribution in [1.29, 1.82) is 0 Å². The monoisotopic (exact) mass is 644 g/mol. The number of piperidine rings is 1. The van der Waals surface area contributed by atoms with E-state index in [0.29, 0.717) is 72.5 Å². The third-order valence-corrected chi connectivity index (χ3v) is 8.70. The number of likely N-dealkylation sites (tertiary alicyclic amines) is 1. The Labute approximate surface area is 271 Å². The van der Waals surface area contributed by atoms with Gasteiger partial charge < -0.3 is 34.3 Å². The van der Waals surface area contributed by atoms with Crippen LogP contribution in [0.2, 0.25) is 0 Å². The number of benzene rings is 3. The summed E-state index contributed by atoms with van der Waals surface area (Å²) < 4.78 is 29.7. The molecule has 1 saturated heterocycles. The molecule has 0 unspecified atom stereocenters. The molecule has 2 N–H and O–H groups in total. The highest BCUT2D eigenvalue weighted by Gasteiger charge is 2.44. The van der Waals surface area contributed by atoms with Crippen LogP contribution in [0.15, 0.2) is 71.6 Å². The highest BCUT2D eigenvalue weighted by Crippen LogP contribution is 2.38. The van der Waals surface area contributed by atoms with Gasteiger partial charge in [0, 0.05) is 50.0 Å². The molecule has 2 amide bonds. The molecule has 7 aliphatic rings. The van der Waals surface area contributed by atoms with E-state index in [1.165, 1.54) is 7.11 Å². The summed E-state index contributed by atoms with van der Waals surface area (Å²) in [6.45, 7) is 2.92.